The SMILES string of the molecule is CSc1nsc(NC(=O)Nc2ccc(F)cc2F)n1. The Balaban J connectivity index is 2.01. The summed E-state index contributed by atoms with van der Waals surface area (Å²) in [7, 11) is 0. The summed E-state index contributed by atoms with van der Waals surface area (Å²) >= 11 is 2.35. The number of carbonyl (C=O) groups is 1. The average Bonchev–Trinajstić information content (AvgIpc) is 2.80. The highest BCUT2D eigenvalue weighted by atomic mass is 32.2. The summed E-state index contributed by atoms with van der Waals surface area (Å²) in [5.74, 6) is -1.56. The van der Waals surface area contributed by atoms with Gasteiger partial charge in [-0.3, -0.25) is 5.32 Å². The van der Waals surface area contributed by atoms with E-state index in [1.54, 1.807) is 6.26 Å². The van der Waals surface area contributed by atoms with E-state index in [1.807, 2.05) is 0 Å². The first-order valence-electron chi connectivity index (χ1n) is 4.99. The molecule has 1 aromatic heterocycles. The number of hydrogen-bond acceptors (Lipinski definition) is 5. The molecule has 2 aromatic rings. The minimum absolute atomic E-state index is 0.117. The molecule has 19 heavy (non-hydrogen) atoms. The molecule has 100 valence electrons. The number of aromatic nitrogens is 2. The third-order valence-electron chi connectivity index (χ3n) is 1.99. The van der Waals surface area contributed by atoms with E-state index in [-0.39, 0.29) is 5.69 Å². The maximum atomic E-state index is 13.3. The Kier molecular flexibility index (Phi) is 4.27. The van der Waals surface area contributed by atoms with Crippen LogP contribution in [-0.2, 0) is 0 Å². The van der Waals surface area contributed by atoms with Gasteiger partial charge in [-0.1, -0.05) is 11.8 Å². The fourth-order valence-electron chi connectivity index (χ4n) is 1.19. The van der Waals surface area contributed by atoms with Crippen molar-refractivity contribution in [2.24, 2.45) is 0 Å². The van der Waals surface area contributed by atoms with Gasteiger partial charge < -0.3 is 5.32 Å². The molecular weight excluding hydrogens is 294 g/mol. The van der Waals surface area contributed by atoms with Crippen LogP contribution >= 0.6 is 23.3 Å². The summed E-state index contributed by atoms with van der Waals surface area (Å²) in [6.45, 7) is 0. The summed E-state index contributed by atoms with van der Waals surface area (Å²) in [4.78, 5) is 15.6. The number of amides is 2. The third kappa shape index (κ3) is 3.61. The lowest BCUT2D eigenvalue weighted by atomic mass is 10.3. The Labute approximate surface area is 115 Å². The predicted molar refractivity (Wildman–Crippen MR) is 70.7 cm³/mol. The number of hydrogen-bond donors (Lipinski definition) is 2. The molecule has 2 N–H and O–H groups in total. The van der Waals surface area contributed by atoms with Crippen molar-refractivity contribution in [3.63, 3.8) is 0 Å². The summed E-state index contributed by atoms with van der Waals surface area (Å²) in [5.41, 5.74) is -0.117. The van der Waals surface area contributed by atoms with E-state index in [9.17, 15) is 13.6 Å². The summed E-state index contributed by atoms with van der Waals surface area (Å²) in [6.07, 6.45) is 1.81. The molecule has 0 spiro atoms. The Bertz CT molecular complexity index is 605. The maximum Gasteiger partial charge on any atom is 0.325 e. The zero-order chi connectivity index (χ0) is 13.8. The second-order valence-electron chi connectivity index (χ2n) is 3.29. The number of anilines is 2. The molecule has 9 heteroatoms. The van der Waals surface area contributed by atoms with Gasteiger partial charge in [0.2, 0.25) is 10.3 Å². The smallest absolute Gasteiger partial charge is 0.305 e. The lowest BCUT2D eigenvalue weighted by molar-refractivity contribution is 0.262. The standard InChI is InChI=1S/C10H8F2N4OS2/c1-18-10-15-9(19-16-10)14-8(17)13-7-3-2-5(11)4-6(7)12/h2-4H,1H3,(H2,13,14,15,16,17). The van der Waals surface area contributed by atoms with Gasteiger partial charge in [-0.25, -0.2) is 13.6 Å². The molecule has 0 saturated heterocycles. The lowest BCUT2D eigenvalue weighted by Crippen LogP contribution is -2.20. The van der Waals surface area contributed by atoms with Crippen LogP contribution in [0, 0.1) is 11.6 Å². The predicted octanol–water partition coefficient (Wildman–Crippen LogP) is 3.18. The average molecular weight is 302 g/mol. The number of carbonyl (C=O) groups excluding carboxylic acids is 1. The molecule has 2 amide bonds. The van der Waals surface area contributed by atoms with Crippen molar-refractivity contribution < 1.29 is 13.6 Å². The Morgan fingerprint density at radius 3 is 2.79 bits per heavy atom. The largest absolute Gasteiger partial charge is 0.325 e. The van der Waals surface area contributed by atoms with Gasteiger partial charge in [-0.2, -0.15) is 9.36 Å². The van der Waals surface area contributed by atoms with Crippen LogP contribution < -0.4 is 10.6 Å². The van der Waals surface area contributed by atoms with Crippen molar-refractivity contribution >= 4 is 40.1 Å². The van der Waals surface area contributed by atoms with E-state index >= 15 is 0 Å². The monoisotopic (exact) mass is 302 g/mol. The second-order valence-corrected chi connectivity index (χ2v) is 4.81. The third-order valence-corrected chi connectivity index (χ3v) is 3.28. The minimum Gasteiger partial charge on any atom is -0.305 e. The highest BCUT2D eigenvalue weighted by Gasteiger charge is 2.10. The highest BCUT2D eigenvalue weighted by Crippen LogP contribution is 2.19. The van der Waals surface area contributed by atoms with Crippen LogP contribution in [-0.4, -0.2) is 21.6 Å². The van der Waals surface area contributed by atoms with E-state index < -0.39 is 17.7 Å². The number of urea groups is 1. The Hall–Kier alpha value is -1.74. The molecule has 2 rings (SSSR count). The number of nitrogens with zero attached hydrogens (tertiary/aromatic N) is 2. The van der Waals surface area contributed by atoms with Crippen LogP contribution in [0.25, 0.3) is 0 Å². The van der Waals surface area contributed by atoms with E-state index in [0.29, 0.717) is 16.4 Å². The van der Waals surface area contributed by atoms with Crippen molar-refractivity contribution in [2.45, 2.75) is 5.16 Å². The normalized spacial score (nSPS) is 10.3. The quantitative estimate of drug-likeness (QED) is 0.855. The van der Waals surface area contributed by atoms with Crippen LogP contribution in [0.2, 0.25) is 0 Å². The number of benzene rings is 1. The number of halogens is 2. The van der Waals surface area contributed by atoms with Crippen LogP contribution in [0.5, 0.6) is 0 Å². The molecule has 0 radical (unpaired) electrons. The second kappa shape index (κ2) is 5.93. The van der Waals surface area contributed by atoms with Crippen LogP contribution in [0.1, 0.15) is 0 Å². The molecule has 0 atom stereocenters. The topological polar surface area (TPSA) is 66.9 Å². The fourth-order valence-corrected chi connectivity index (χ4v) is 2.31. The van der Waals surface area contributed by atoms with Gasteiger partial charge in [0.15, 0.2) is 0 Å². The Morgan fingerprint density at radius 2 is 2.16 bits per heavy atom. The molecule has 0 aliphatic carbocycles. The van der Waals surface area contributed by atoms with Gasteiger partial charge >= 0.3 is 6.03 Å². The van der Waals surface area contributed by atoms with Gasteiger partial charge in [-0.05, 0) is 18.4 Å². The molecule has 1 aromatic carbocycles. The van der Waals surface area contributed by atoms with Crippen molar-refractivity contribution in [2.75, 3.05) is 16.9 Å². The first-order chi connectivity index (χ1) is 9.08. The van der Waals surface area contributed by atoms with E-state index in [2.05, 4.69) is 20.0 Å². The number of rotatable bonds is 3. The maximum absolute atomic E-state index is 13.3. The lowest BCUT2D eigenvalue weighted by Gasteiger charge is -2.05. The van der Waals surface area contributed by atoms with Crippen molar-refractivity contribution in [1.29, 1.82) is 0 Å². The first kappa shape index (κ1) is 13.7. The molecule has 5 nitrogen and oxygen atoms in total. The zero-order valence-corrected chi connectivity index (χ0v) is 11.2. The molecule has 0 unspecified atom stereocenters. The summed E-state index contributed by atoms with van der Waals surface area (Å²) in [6, 6.07) is 2.20. The minimum atomic E-state index is -0.850. The molecule has 0 fully saturated rings. The van der Waals surface area contributed by atoms with Gasteiger partial charge in [0.1, 0.15) is 11.6 Å². The van der Waals surface area contributed by atoms with Crippen LogP contribution in [0.3, 0.4) is 0 Å². The molecular formula is C10H8F2N4OS2. The number of thioether (sulfide) groups is 1. The van der Waals surface area contributed by atoms with Crippen molar-refractivity contribution in [3.8, 4) is 0 Å². The summed E-state index contributed by atoms with van der Waals surface area (Å²) in [5, 5.41) is 5.49. The van der Waals surface area contributed by atoms with Gasteiger partial charge in [0.25, 0.3) is 0 Å². The van der Waals surface area contributed by atoms with Crippen LogP contribution in [0.15, 0.2) is 23.4 Å². The first-order valence-corrected chi connectivity index (χ1v) is 6.99. The van der Waals surface area contributed by atoms with Crippen molar-refractivity contribution in [3.05, 3.63) is 29.8 Å². The summed E-state index contributed by atoms with van der Waals surface area (Å²) < 4.78 is 29.9. The Morgan fingerprint density at radius 1 is 1.37 bits per heavy atom. The zero-order valence-electron chi connectivity index (χ0n) is 9.61. The molecule has 0 bridgehead atoms. The highest BCUT2D eigenvalue weighted by molar-refractivity contribution is 7.98. The van der Waals surface area contributed by atoms with E-state index in [1.165, 1.54) is 11.8 Å². The van der Waals surface area contributed by atoms with Gasteiger partial charge in [0, 0.05) is 17.6 Å². The van der Waals surface area contributed by atoms with E-state index in [0.717, 1.165) is 23.7 Å². The van der Waals surface area contributed by atoms with Gasteiger partial charge in [0.05, 0.1) is 5.69 Å². The molecule has 0 saturated carbocycles. The van der Waals surface area contributed by atoms with Crippen LogP contribution in [0.4, 0.5) is 24.4 Å². The molecule has 0 aliphatic heterocycles. The molecule has 1 heterocycles. The van der Waals surface area contributed by atoms with Gasteiger partial charge in [-0.15, -0.1) is 0 Å². The fraction of sp³-hybridized carbons (Fsp3) is 0.100. The molecule has 0 aliphatic rings. The van der Waals surface area contributed by atoms with Crippen molar-refractivity contribution in [1.82, 2.24) is 9.36 Å². The number of nitrogens with one attached hydrogen (secondary N) is 2. The van der Waals surface area contributed by atoms with E-state index in [4.69, 9.17) is 0 Å².